The van der Waals surface area contributed by atoms with Crippen LogP contribution in [-0.2, 0) is 6.61 Å². The monoisotopic (exact) mass is 198 g/mol. The van der Waals surface area contributed by atoms with Crippen molar-refractivity contribution in [2.75, 3.05) is 0 Å². The summed E-state index contributed by atoms with van der Waals surface area (Å²) in [5, 5.41) is 17.5. The van der Waals surface area contributed by atoms with Gasteiger partial charge in [0, 0.05) is 17.5 Å². The Bertz CT molecular complexity index is 385. The highest BCUT2D eigenvalue weighted by molar-refractivity contribution is 5.45. The first kappa shape index (κ1) is 10.5. The van der Waals surface area contributed by atoms with Gasteiger partial charge in [0.05, 0.1) is 17.7 Å². The Labute approximate surface area is 79.6 Å². The highest BCUT2D eigenvalue weighted by atomic mass is 19.3. The second-order valence-electron chi connectivity index (χ2n) is 2.73. The minimum Gasteiger partial charge on any atom is -0.392 e. The van der Waals surface area contributed by atoms with E-state index in [2.05, 4.69) is 4.98 Å². The first-order valence-corrected chi connectivity index (χ1v) is 3.89. The first-order chi connectivity index (χ1) is 6.61. The maximum Gasteiger partial charge on any atom is 0.266 e. The van der Waals surface area contributed by atoms with E-state index in [4.69, 9.17) is 10.4 Å². The normalized spacial score (nSPS) is 10.3. The van der Waals surface area contributed by atoms with Gasteiger partial charge in [0.2, 0.25) is 0 Å². The lowest BCUT2D eigenvalue weighted by Crippen LogP contribution is -2.02. The number of alkyl halides is 2. The summed E-state index contributed by atoms with van der Waals surface area (Å²) in [6.07, 6.45) is -1.51. The molecule has 0 aromatic carbocycles. The second-order valence-corrected chi connectivity index (χ2v) is 2.73. The van der Waals surface area contributed by atoms with Crippen LogP contribution in [0.3, 0.4) is 0 Å². The molecule has 3 nitrogen and oxygen atoms in total. The number of aliphatic hydroxyl groups excluding tert-OH is 1. The molecular formula is C9H8F2N2O. The van der Waals surface area contributed by atoms with Crippen molar-refractivity contribution in [3.63, 3.8) is 0 Å². The maximum absolute atomic E-state index is 12.5. The van der Waals surface area contributed by atoms with Gasteiger partial charge in [-0.05, 0) is 6.92 Å². The molecule has 14 heavy (non-hydrogen) atoms. The molecule has 0 unspecified atom stereocenters. The number of aryl methyl sites for hydroxylation is 1. The molecule has 1 aromatic rings. The molecule has 5 heteroatoms. The molecule has 1 heterocycles. The van der Waals surface area contributed by atoms with E-state index in [1.54, 1.807) is 6.07 Å². The minimum atomic E-state index is -2.75. The quantitative estimate of drug-likeness (QED) is 0.786. The van der Waals surface area contributed by atoms with Gasteiger partial charge < -0.3 is 5.11 Å². The maximum atomic E-state index is 12.5. The van der Waals surface area contributed by atoms with E-state index in [-0.39, 0.29) is 22.4 Å². The summed E-state index contributed by atoms with van der Waals surface area (Å²) in [5.41, 5.74) is -0.309. The summed E-state index contributed by atoms with van der Waals surface area (Å²) in [5.74, 6) is 0. The fourth-order valence-electron chi connectivity index (χ4n) is 1.18. The third-order valence-electron chi connectivity index (χ3n) is 1.89. The van der Waals surface area contributed by atoms with Crippen molar-refractivity contribution in [2.45, 2.75) is 20.0 Å². The van der Waals surface area contributed by atoms with Gasteiger partial charge in [-0.15, -0.1) is 0 Å². The van der Waals surface area contributed by atoms with Gasteiger partial charge in [0.15, 0.2) is 0 Å². The summed E-state index contributed by atoms with van der Waals surface area (Å²) >= 11 is 0. The van der Waals surface area contributed by atoms with Crippen LogP contribution in [0, 0.1) is 18.3 Å². The van der Waals surface area contributed by atoms with Crippen molar-refractivity contribution in [1.29, 1.82) is 5.26 Å². The molecular weight excluding hydrogens is 190 g/mol. The van der Waals surface area contributed by atoms with Gasteiger partial charge in [-0.25, -0.2) is 8.78 Å². The third kappa shape index (κ3) is 1.70. The van der Waals surface area contributed by atoms with Crippen molar-refractivity contribution in [2.24, 2.45) is 0 Å². The van der Waals surface area contributed by atoms with Crippen molar-refractivity contribution < 1.29 is 13.9 Å². The fourth-order valence-corrected chi connectivity index (χ4v) is 1.18. The lowest BCUT2D eigenvalue weighted by molar-refractivity contribution is 0.149. The standard InChI is InChI=1S/C9H8F2N2O/c1-5-8(9(10)11)7(2-12)6(4-14)3-13-5/h3,9,14H,4H2,1H3. The van der Waals surface area contributed by atoms with Gasteiger partial charge in [0.25, 0.3) is 6.43 Å². The first-order valence-electron chi connectivity index (χ1n) is 3.89. The molecule has 0 amide bonds. The van der Waals surface area contributed by atoms with Crippen LogP contribution in [0.2, 0.25) is 0 Å². The predicted octanol–water partition coefficient (Wildman–Crippen LogP) is 1.69. The largest absolute Gasteiger partial charge is 0.392 e. The van der Waals surface area contributed by atoms with Crippen LogP contribution < -0.4 is 0 Å². The van der Waals surface area contributed by atoms with Crippen molar-refractivity contribution in [3.8, 4) is 6.07 Å². The molecule has 0 aliphatic carbocycles. The lowest BCUT2D eigenvalue weighted by Gasteiger charge is -2.08. The summed E-state index contributed by atoms with van der Waals surface area (Å²) in [6, 6.07) is 1.66. The Morgan fingerprint density at radius 2 is 2.29 bits per heavy atom. The minimum absolute atomic E-state index is 0.119. The molecule has 0 radical (unpaired) electrons. The van der Waals surface area contributed by atoms with Crippen molar-refractivity contribution >= 4 is 0 Å². The highest BCUT2D eigenvalue weighted by Gasteiger charge is 2.19. The smallest absolute Gasteiger partial charge is 0.266 e. The number of aliphatic hydroxyl groups is 1. The van der Waals surface area contributed by atoms with E-state index in [0.717, 1.165) is 0 Å². The molecule has 0 fully saturated rings. The van der Waals surface area contributed by atoms with Crippen LogP contribution >= 0.6 is 0 Å². The van der Waals surface area contributed by atoms with Crippen LogP contribution in [0.5, 0.6) is 0 Å². The van der Waals surface area contributed by atoms with E-state index in [1.807, 2.05) is 0 Å². The zero-order valence-corrected chi connectivity index (χ0v) is 7.46. The molecule has 0 atom stereocenters. The van der Waals surface area contributed by atoms with Crippen molar-refractivity contribution in [1.82, 2.24) is 4.98 Å². The van der Waals surface area contributed by atoms with E-state index >= 15 is 0 Å². The Morgan fingerprint density at radius 3 is 2.71 bits per heavy atom. The molecule has 74 valence electrons. The number of hydrogen-bond donors (Lipinski definition) is 1. The topological polar surface area (TPSA) is 56.9 Å². The number of nitrogens with zero attached hydrogens (tertiary/aromatic N) is 2. The molecule has 0 bridgehead atoms. The molecule has 0 aliphatic heterocycles. The van der Waals surface area contributed by atoms with E-state index < -0.39 is 13.0 Å². The number of pyridine rings is 1. The molecule has 0 aliphatic rings. The SMILES string of the molecule is Cc1ncc(CO)c(C#N)c1C(F)F. The van der Waals surface area contributed by atoms with Gasteiger partial charge >= 0.3 is 0 Å². The average molecular weight is 198 g/mol. The van der Waals surface area contributed by atoms with Gasteiger partial charge in [0.1, 0.15) is 6.07 Å². The third-order valence-corrected chi connectivity index (χ3v) is 1.89. The number of rotatable bonds is 2. The Balaban J connectivity index is 3.45. The number of aromatic nitrogens is 1. The predicted molar refractivity (Wildman–Crippen MR) is 44.6 cm³/mol. The lowest BCUT2D eigenvalue weighted by atomic mass is 10.0. The molecule has 1 aromatic heterocycles. The molecule has 0 saturated heterocycles. The number of hydrogen-bond acceptors (Lipinski definition) is 3. The molecule has 0 saturated carbocycles. The molecule has 1 rings (SSSR count). The van der Waals surface area contributed by atoms with Crippen LogP contribution in [0.1, 0.15) is 28.8 Å². The summed E-state index contributed by atoms with van der Waals surface area (Å²) in [7, 11) is 0. The van der Waals surface area contributed by atoms with Crippen LogP contribution in [0.15, 0.2) is 6.20 Å². The number of halogens is 2. The van der Waals surface area contributed by atoms with Crippen LogP contribution in [-0.4, -0.2) is 10.1 Å². The Morgan fingerprint density at radius 1 is 1.64 bits per heavy atom. The van der Waals surface area contributed by atoms with E-state index in [1.165, 1.54) is 13.1 Å². The second kappa shape index (κ2) is 4.11. The van der Waals surface area contributed by atoms with E-state index in [9.17, 15) is 8.78 Å². The van der Waals surface area contributed by atoms with E-state index in [0.29, 0.717) is 0 Å². The van der Waals surface area contributed by atoms with Gasteiger partial charge in [-0.1, -0.05) is 0 Å². The molecule has 1 N–H and O–H groups in total. The highest BCUT2D eigenvalue weighted by Crippen LogP contribution is 2.26. The Hall–Kier alpha value is -1.54. The van der Waals surface area contributed by atoms with Gasteiger partial charge in [-0.2, -0.15) is 5.26 Å². The zero-order chi connectivity index (χ0) is 10.7. The number of nitriles is 1. The van der Waals surface area contributed by atoms with Crippen LogP contribution in [0.4, 0.5) is 8.78 Å². The van der Waals surface area contributed by atoms with Gasteiger partial charge in [-0.3, -0.25) is 4.98 Å². The van der Waals surface area contributed by atoms with Crippen molar-refractivity contribution in [3.05, 3.63) is 28.6 Å². The summed E-state index contributed by atoms with van der Waals surface area (Å²) in [6.45, 7) is 0.944. The average Bonchev–Trinajstić information content (AvgIpc) is 2.16. The fraction of sp³-hybridized carbons (Fsp3) is 0.333. The summed E-state index contributed by atoms with van der Waals surface area (Å²) in [4.78, 5) is 3.69. The summed E-state index contributed by atoms with van der Waals surface area (Å²) < 4.78 is 25.0. The van der Waals surface area contributed by atoms with Crippen LogP contribution in [0.25, 0.3) is 0 Å². The zero-order valence-electron chi connectivity index (χ0n) is 7.46. The Kier molecular flexibility index (Phi) is 3.10. The molecule has 0 spiro atoms.